The Kier molecular flexibility index (Phi) is 4.54. The Hall–Kier alpha value is -0.980. The number of hydrogen-bond donors (Lipinski definition) is 1. The molecule has 2 N–H and O–H groups in total. The van der Waals surface area contributed by atoms with Gasteiger partial charge in [0.2, 0.25) is 0 Å². The van der Waals surface area contributed by atoms with E-state index < -0.39 is 9.84 Å². The normalized spacial score (nSPS) is 22.8. The monoisotopic (exact) mass is 283 g/mol. The molecule has 1 aliphatic heterocycles. The van der Waals surface area contributed by atoms with Crippen LogP contribution in [0.4, 0.5) is 0 Å². The standard InChI is InChI=1S/C13H21N3O2S/c1-2-12(14)13(11-3-5-15-6-4-11)16-7-9-19(17,18)10-8-16/h3-6,12-13H,2,7-10,14H2,1H3. The van der Waals surface area contributed by atoms with Crippen LogP contribution in [0.15, 0.2) is 24.5 Å². The predicted octanol–water partition coefficient (Wildman–Crippen LogP) is 0.590. The molecule has 2 atom stereocenters. The molecule has 2 rings (SSSR count). The molecule has 0 spiro atoms. The van der Waals surface area contributed by atoms with Crippen molar-refractivity contribution >= 4 is 9.84 Å². The molecule has 1 aromatic heterocycles. The Morgan fingerprint density at radius 1 is 1.32 bits per heavy atom. The van der Waals surface area contributed by atoms with Gasteiger partial charge in [-0.3, -0.25) is 9.88 Å². The smallest absolute Gasteiger partial charge is 0.152 e. The maximum Gasteiger partial charge on any atom is 0.152 e. The van der Waals surface area contributed by atoms with Gasteiger partial charge in [-0.05, 0) is 24.1 Å². The second-order valence-corrected chi connectivity index (χ2v) is 7.29. The van der Waals surface area contributed by atoms with Crippen LogP contribution in [0.25, 0.3) is 0 Å². The SMILES string of the molecule is CCC(N)C(c1ccncc1)N1CCS(=O)(=O)CC1. The molecule has 106 valence electrons. The second kappa shape index (κ2) is 5.98. The molecule has 0 aliphatic carbocycles. The minimum atomic E-state index is -2.86. The summed E-state index contributed by atoms with van der Waals surface area (Å²) in [4.78, 5) is 6.21. The van der Waals surface area contributed by atoms with Crippen LogP contribution in [0.1, 0.15) is 24.9 Å². The lowest BCUT2D eigenvalue weighted by molar-refractivity contribution is 0.183. The third-order valence-electron chi connectivity index (χ3n) is 3.70. The molecule has 6 heteroatoms. The third kappa shape index (κ3) is 3.52. The predicted molar refractivity (Wildman–Crippen MR) is 75.5 cm³/mol. The number of hydrogen-bond acceptors (Lipinski definition) is 5. The van der Waals surface area contributed by atoms with Gasteiger partial charge < -0.3 is 5.73 Å². The molecule has 0 radical (unpaired) electrons. The van der Waals surface area contributed by atoms with Crippen LogP contribution >= 0.6 is 0 Å². The van der Waals surface area contributed by atoms with Crippen molar-refractivity contribution in [2.45, 2.75) is 25.4 Å². The minimum Gasteiger partial charge on any atom is -0.326 e. The van der Waals surface area contributed by atoms with Crippen LogP contribution in [0.2, 0.25) is 0 Å². The van der Waals surface area contributed by atoms with E-state index in [0.717, 1.165) is 12.0 Å². The van der Waals surface area contributed by atoms with E-state index in [2.05, 4.69) is 16.8 Å². The average molecular weight is 283 g/mol. The highest BCUT2D eigenvalue weighted by Gasteiger charge is 2.30. The van der Waals surface area contributed by atoms with Crippen LogP contribution in [0.5, 0.6) is 0 Å². The van der Waals surface area contributed by atoms with Gasteiger partial charge in [-0.15, -0.1) is 0 Å². The number of nitrogens with zero attached hydrogens (tertiary/aromatic N) is 2. The van der Waals surface area contributed by atoms with E-state index in [1.807, 2.05) is 12.1 Å². The molecule has 0 saturated carbocycles. The highest BCUT2D eigenvalue weighted by atomic mass is 32.2. The summed E-state index contributed by atoms with van der Waals surface area (Å²) in [6.07, 6.45) is 4.37. The summed E-state index contributed by atoms with van der Waals surface area (Å²) in [5.74, 6) is 0.454. The third-order valence-corrected chi connectivity index (χ3v) is 5.31. The molecule has 2 unspecified atom stereocenters. The van der Waals surface area contributed by atoms with E-state index in [-0.39, 0.29) is 23.6 Å². The van der Waals surface area contributed by atoms with Gasteiger partial charge in [0.1, 0.15) is 0 Å². The van der Waals surface area contributed by atoms with E-state index >= 15 is 0 Å². The largest absolute Gasteiger partial charge is 0.326 e. The van der Waals surface area contributed by atoms with Crippen molar-refractivity contribution in [3.63, 3.8) is 0 Å². The quantitative estimate of drug-likeness (QED) is 0.875. The zero-order valence-corrected chi connectivity index (χ0v) is 12.0. The van der Waals surface area contributed by atoms with Crippen molar-refractivity contribution in [2.75, 3.05) is 24.6 Å². The first-order valence-corrected chi connectivity index (χ1v) is 8.45. The lowest BCUT2D eigenvalue weighted by Crippen LogP contribution is -2.48. The maximum atomic E-state index is 11.5. The molecule has 19 heavy (non-hydrogen) atoms. The minimum absolute atomic E-state index is 0.00297. The van der Waals surface area contributed by atoms with E-state index in [1.165, 1.54) is 0 Å². The summed E-state index contributed by atoms with van der Waals surface area (Å²) in [6.45, 7) is 3.17. The fourth-order valence-corrected chi connectivity index (χ4v) is 3.75. The summed E-state index contributed by atoms with van der Waals surface area (Å²) < 4.78 is 23.1. The van der Waals surface area contributed by atoms with Crippen molar-refractivity contribution in [3.8, 4) is 0 Å². The van der Waals surface area contributed by atoms with Gasteiger partial charge in [-0.1, -0.05) is 6.92 Å². The van der Waals surface area contributed by atoms with Gasteiger partial charge in [0.05, 0.1) is 17.5 Å². The molecule has 2 heterocycles. The van der Waals surface area contributed by atoms with Crippen molar-refractivity contribution in [1.29, 1.82) is 0 Å². The molecule has 5 nitrogen and oxygen atoms in total. The summed E-state index contributed by atoms with van der Waals surface area (Å²) in [5, 5.41) is 0. The maximum absolute atomic E-state index is 11.5. The molecule has 0 aromatic carbocycles. The van der Waals surface area contributed by atoms with Gasteiger partial charge >= 0.3 is 0 Å². The molecule has 1 fully saturated rings. The molecule has 1 saturated heterocycles. The Labute approximate surface area is 114 Å². The van der Waals surface area contributed by atoms with Crippen LogP contribution in [-0.2, 0) is 9.84 Å². The number of pyridine rings is 1. The number of sulfone groups is 1. The molecular formula is C13H21N3O2S. The van der Waals surface area contributed by atoms with E-state index in [9.17, 15) is 8.42 Å². The fraction of sp³-hybridized carbons (Fsp3) is 0.615. The first-order chi connectivity index (χ1) is 9.03. The van der Waals surface area contributed by atoms with E-state index in [0.29, 0.717) is 13.1 Å². The molecule has 0 amide bonds. The lowest BCUT2D eigenvalue weighted by Gasteiger charge is -2.37. The van der Waals surface area contributed by atoms with Crippen molar-refractivity contribution in [1.82, 2.24) is 9.88 Å². The molecule has 0 bridgehead atoms. The van der Waals surface area contributed by atoms with Crippen LogP contribution in [-0.4, -0.2) is 48.9 Å². The average Bonchev–Trinajstić information content (AvgIpc) is 2.42. The Balaban J connectivity index is 2.20. The number of nitrogens with two attached hydrogens (primary N) is 1. The number of rotatable bonds is 4. The highest BCUT2D eigenvalue weighted by molar-refractivity contribution is 7.91. The molecular weight excluding hydrogens is 262 g/mol. The Morgan fingerprint density at radius 3 is 2.42 bits per heavy atom. The van der Waals surface area contributed by atoms with Crippen molar-refractivity contribution < 1.29 is 8.42 Å². The fourth-order valence-electron chi connectivity index (χ4n) is 2.52. The molecule has 1 aromatic rings. The Bertz CT molecular complexity index is 490. The van der Waals surface area contributed by atoms with Crippen LogP contribution in [0, 0.1) is 0 Å². The lowest BCUT2D eigenvalue weighted by atomic mass is 9.97. The van der Waals surface area contributed by atoms with Crippen molar-refractivity contribution in [2.24, 2.45) is 5.73 Å². The summed E-state index contributed by atoms with van der Waals surface area (Å²) in [7, 11) is -2.86. The van der Waals surface area contributed by atoms with Gasteiger partial charge in [0.25, 0.3) is 0 Å². The number of aromatic nitrogens is 1. The first kappa shape index (κ1) is 14.4. The van der Waals surface area contributed by atoms with Gasteiger partial charge in [-0.25, -0.2) is 8.42 Å². The van der Waals surface area contributed by atoms with Crippen LogP contribution < -0.4 is 5.73 Å². The van der Waals surface area contributed by atoms with Gasteiger partial charge in [0, 0.05) is 31.5 Å². The highest BCUT2D eigenvalue weighted by Crippen LogP contribution is 2.26. The van der Waals surface area contributed by atoms with Crippen molar-refractivity contribution in [3.05, 3.63) is 30.1 Å². The topological polar surface area (TPSA) is 76.3 Å². The van der Waals surface area contributed by atoms with Gasteiger partial charge in [0.15, 0.2) is 9.84 Å². The van der Waals surface area contributed by atoms with Gasteiger partial charge in [-0.2, -0.15) is 0 Å². The van der Waals surface area contributed by atoms with E-state index in [4.69, 9.17) is 5.73 Å². The summed E-state index contributed by atoms with van der Waals surface area (Å²) in [5.41, 5.74) is 7.35. The second-order valence-electron chi connectivity index (χ2n) is 4.99. The Morgan fingerprint density at radius 2 is 1.89 bits per heavy atom. The van der Waals surface area contributed by atoms with Crippen LogP contribution in [0.3, 0.4) is 0 Å². The zero-order chi connectivity index (χ0) is 13.9. The first-order valence-electron chi connectivity index (χ1n) is 6.63. The zero-order valence-electron chi connectivity index (χ0n) is 11.2. The van der Waals surface area contributed by atoms with E-state index in [1.54, 1.807) is 12.4 Å². The summed E-state index contributed by atoms with van der Waals surface area (Å²) in [6, 6.07) is 4.00. The molecule has 1 aliphatic rings. The summed E-state index contributed by atoms with van der Waals surface area (Å²) >= 11 is 0.